The summed E-state index contributed by atoms with van der Waals surface area (Å²) < 4.78 is 94.2. The van der Waals surface area contributed by atoms with Gasteiger partial charge in [0.1, 0.15) is 0 Å². The van der Waals surface area contributed by atoms with Crippen LogP contribution in [0.15, 0.2) is 24.3 Å². The maximum atomic E-state index is 11.5. The molecule has 1 aliphatic rings. The van der Waals surface area contributed by atoms with Crippen LogP contribution in [0.4, 0.5) is 30.7 Å². The van der Waals surface area contributed by atoms with E-state index in [-0.39, 0.29) is 17.1 Å². The van der Waals surface area contributed by atoms with Crippen LogP contribution in [0.25, 0.3) is 0 Å². The van der Waals surface area contributed by atoms with Crippen molar-refractivity contribution in [3.8, 4) is 0 Å². The molecule has 0 saturated carbocycles. The summed E-state index contributed by atoms with van der Waals surface area (Å²) in [5.74, 6) is -6.01. The van der Waals surface area contributed by atoms with Crippen LogP contribution in [0.5, 0.6) is 0 Å². The van der Waals surface area contributed by atoms with Gasteiger partial charge in [0.25, 0.3) is 0 Å². The first-order valence-electron chi connectivity index (χ1n) is 4.10. The standard InChI is InChI=1S/C5H5.C3F7Se.2CO.Fe/c1-2-4-5-3-1;4-1(5,2(6,7)8)3(9,10)11;2*1-2;/h1-5H;;;;. The minimum atomic E-state index is -6.23. The average Bonchev–Trinajstić information content (AvgIpc) is 2.90. The number of hydrogen-bond donors (Lipinski definition) is 0. The average molecular weight is 425 g/mol. The van der Waals surface area contributed by atoms with Gasteiger partial charge >= 0.3 is 86.3 Å². The topological polar surface area (TPSA) is 39.8 Å². The number of alkyl halides is 7. The van der Waals surface area contributed by atoms with E-state index in [2.05, 4.69) is 13.3 Å². The van der Waals surface area contributed by atoms with Gasteiger partial charge in [0, 0.05) is 23.5 Å². The fourth-order valence-corrected chi connectivity index (χ4v) is 0.729. The van der Waals surface area contributed by atoms with Crippen molar-refractivity contribution in [3.63, 3.8) is 0 Å². The molecule has 0 atom stereocenters. The molecular weight excluding hydrogens is 420 g/mol. The summed E-state index contributed by atoms with van der Waals surface area (Å²) in [6.07, 6.45) is 3.77. The Morgan fingerprint density at radius 3 is 1.05 bits per heavy atom. The molecule has 0 aliphatic heterocycles. The molecule has 0 unspecified atom stereocenters. The smallest absolute Gasteiger partial charge is 0.00506 e. The van der Waals surface area contributed by atoms with Crippen molar-refractivity contribution in [2.45, 2.75) is 16.9 Å². The molecule has 1 aliphatic carbocycles. The van der Waals surface area contributed by atoms with Gasteiger partial charge in [-0.15, -0.1) is 0 Å². The number of rotatable bonds is 1. The first-order chi connectivity index (χ1) is 9.00. The number of allylic oxidation sites excluding steroid dienone is 4. The number of hydrogen-bond acceptors (Lipinski definition) is 0. The Hall–Kier alpha value is -0.491. The molecule has 2 nitrogen and oxygen atoms in total. The fourth-order valence-electron chi connectivity index (χ4n) is 0.486. The van der Waals surface area contributed by atoms with E-state index >= 15 is 0 Å². The zero-order chi connectivity index (χ0) is 17.0. The zero-order valence-corrected chi connectivity index (χ0v) is 12.4. The van der Waals surface area contributed by atoms with E-state index in [0.29, 0.717) is 16.0 Å². The molecule has 11 heteroatoms. The van der Waals surface area contributed by atoms with Gasteiger partial charge in [-0.05, 0) is 0 Å². The Bertz CT molecular complexity index is 324. The summed E-state index contributed by atoms with van der Waals surface area (Å²) in [6, 6.07) is 0. The van der Waals surface area contributed by atoms with E-state index in [4.69, 9.17) is 9.30 Å². The van der Waals surface area contributed by atoms with Crippen LogP contribution in [0.3, 0.4) is 0 Å². The summed E-state index contributed by atoms with van der Waals surface area (Å²) >= 11 is 0.460. The van der Waals surface area contributed by atoms with E-state index in [1.54, 1.807) is 0 Å². The molecule has 0 aromatic rings. The van der Waals surface area contributed by atoms with Crippen molar-refractivity contribution in [1.82, 2.24) is 0 Å². The van der Waals surface area contributed by atoms with Crippen molar-refractivity contribution < 1.29 is 57.1 Å². The van der Waals surface area contributed by atoms with E-state index in [0.717, 1.165) is 0 Å². The van der Waals surface area contributed by atoms with Gasteiger partial charge in [-0.25, -0.2) is 0 Å². The molecule has 0 amide bonds. The van der Waals surface area contributed by atoms with Crippen LogP contribution in [-0.4, -0.2) is 32.9 Å². The summed E-state index contributed by atoms with van der Waals surface area (Å²) in [4.78, 5) is -5.20. The van der Waals surface area contributed by atoms with Crippen LogP contribution in [-0.2, 0) is 26.4 Å². The van der Waals surface area contributed by atoms with Gasteiger partial charge in [0.2, 0.25) is 0 Å². The monoisotopic (exact) mass is 426 g/mol. The first-order valence-corrected chi connectivity index (χ1v) is 4.96. The molecular formula is C10H5F7FeO2Se. The van der Waals surface area contributed by atoms with Gasteiger partial charge in [0.15, 0.2) is 0 Å². The molecule has 0 aromatic carbocycles. The molecule has 0 aromatic heterocycles. The van der Waals surface area contributed by atoms with E-state index in [1.807, 2.05) is 30.7 Å². The van der Waals surface area contributed by atoms with Gasteiger partial charge in [-0.2, -0.15) is 0 Å². The third kappa shape index (κ3) is 11.8. The molecule has 0 bridgehead atoms. The summed E-state index contributed by atoms with van der Waals surface area (Å²) in [6.45, 7) is 9.00. The van der Waals surface area contributed by atoms with Crippen molar-refractivity contribution in [1.29, 1.82) is 0 Å². The normalized spacial score (nSPS) is 12.4. The Labute approximate surface area is 134 Å². The third-order valence-electron chi connectivity index (χ3n) is 1.28. The van der Waals surface area contributed by atoms with Crippen molar-refractivity contribution >= 4 is 16.0 Å². The van der Waals surface area contributed by atoms with E-state index in [1.165, 1.54) is 0 Å². The number of halogens is 7. The second-order valence-electron chi connectivity index (χ2n) is 2.55. The Balaban J connectivity index is -0.000000121. The van der Waals surface area contributed by atoms with Crippen LogP contribution in [0.1, 0.15) is 0 Å². The van der Waals surface area contributed by atoms with Crippen molar-refractivity contribution in [2.24, 2.45) is 0 Å². The summed E-state index contributed by atoms with van der Waals surface area (Å²) in [5.41, 5.74) is 0. The largest absolute Gasteiger partial charge is 0.0767 e. The SMILES string of the molecule is FC(F)(F)C(F)(F)C(F)(F)[Se].[C-]#[O+].[C-]#[O+].[CH]1C=CC=C1.[Fe]. The maximum Gasteiger partial charge on any atom is 0.00506 e. The van der Waals surface area contributed by atoms with Gasteiger partial charge in [-0.3, -0.25) is 0 Å². The van der Waals surface area contributed by atoms with Crippen LogP contribution in [0.2, 0.25) is 0 Å². The second kappa shape index (κ2) is 13.2. The van der Waals surface area contributed by atoms with Gasteiger partial charge in [-0.1, -0.05) is 24.3 Å². The second-order valence-corrected chi connectivity index (χ2v) is 3.63. The minimum absolute atomic E-state index is 0. The van der Waals surface area contributed by atoms with Crippen molar-refractivity contribution in [2.75, 3.05) is 0 Å². The molecule has 0 heterocycles. The fraction of sp³-hybridized carbons (Fsp3) is 0.300. The minimum Gasteiger partial charge on any atom is -0.0767 e. The zero-order valence-electron chi connectivity index (χ0n) is 9.61. The van der Waals surface area contributed by atoms with Crippen LogP contribution < -0.4 is 0 Å². The maximum absolute atomic E-state index is 11.5. The Kier molecular flexibility index (Phi) is 18.0. The third-order valence-corrected chi connectivity index (χ3v) is 1.81. The quantitative estimate of drug-likeness (QED) is 0.268. The van der Waals surface area contributed by atoms with Gasteiger partial charge in [0.05, 0.1) is 0 Å². The molecule has 0 N–H and O–H groups in total. The van der Waals surface area contributed by atoms with E-state index in [9.17, 15) is 30.7 Å². The Morgan fingerprint density at radius 2 is 1.00 bits per heavy atom. The predicted octanol–water partition coefficient (Wildman–Crippen LogP) is 3.18. The molecule has 2 radical (unpaired) electrons. The van der Waals surface area contributed by atoms with E-state index < -0.39 is 16.9 Å². The predicted molar refractivity (Wildman–Crippen MR) is 52.1 cm³/mol. The first kappa shape index (κ1) is 28.6. The summed E-state index contributed by atoms with van der Waals surface area (Å²) in [5, 5.41) is 0. The molecule has 0 saturated heterocycles. The van der Waals surface area contributed by atoms with Gasteiger partial charge < -0.3 is 0 Å². The Morgan fingerprint density at radius 1 is 0.714 bits per heavy atom. The van der Waals surface area contributed by atoms with Crippen molar-refractivity contribution in [3.05, 3.63) is 44.0 Å². The molecule has 0 spiro atoms. The summed E-state index contributed by atoms with van der Waals surface area (Å²) in [7, 11) is 0. The molecule has 1 rings (SSSR count). The van der Waals surface area contributed by atoms with Crippen LogP contribution >= 0.6 is 0 Å². The molecule has 0 fully saturated rings. The molecule has 120 valence electrons. The van der Waals surface area contributed by atoms with Crippen LogP contribution in [0, 0.1) is 19.7 Å². The molecule has 21 heavy (non-hydrogen) atoms.